The third kappa shape index (κ3) is 3.36. The normalized spacial score (nSPS) is 12.1. The van der Waals surface area contributed by atoms with Crippen molar-refractivity contribution in [1.29, 1.82) is 0 Å². The topological polar surface area (TPSA) is 88.5 Å². The second-order valence-corrected chi connectivity index (χ2v) is 4.57. The summed E-state index contributed by atoms with van der Waals surface area (Å²) in [6, 6.07) is 8.21. The first-order chi connectivity index (χ1) is 9.60. The van der Waals surface area contributed by atoms with Crippen molar-refractivity contribution in [3.05, 3.63) is 58.0 Å². The van der Waals surface area contributed by atoms with Crippen molar-refractivity contribution in [2.45, 2.75) is 19.4 Å². The smallest absolute Gasteiger partial charge is 0.272 e. The first-order valence-corrected chi connectivity index (χ1v) is 6.25. The SMILES string of the molecule is Cc1cc(N[C@@H](CO)Cc2ccco2)ccc1[N+](=O)[O-]. The Kier molecular flexibility index (Phi) is 4.37. The van der Waals surface area contributed by atoms with Crippen LogP contribution in [0.1, 0.15) is 11.3 Å². The molecule has 20 heavy (non-hydrogen) atoms. The van der Waals surface area contributed by atoms with E-state index in [1.165, 1.54) is 6.07 Å². The van der Waals surface area contributed by atoms with Crippen molar-refractivity contribution >= 4 is 11.4 Å². The second kappa shape index (κ2) is 6.21. The van der Waals surface area contributed by atoms with Gasteiger partial charge in [0.15, 0.2) is 0 Å². The molecule has 0 aliphatic carbocycles. The molecule has 0 unspecified atom stereocenters. The molecule has 0 bridgehead atoms. The Hall–Kier alpha value is -2.34. The van der Waals surface area contributed by atoms with Gasteiger partial charge in [-0.2, -0.15) is 0 Å². The van der Waals surface area contributed by atoms with Crippen LogP contribution < -0.4 is 5.32 Å². The van der Waals surface area contributed by atoms with E-state index < -0.39 is 4.92 Å². The lowest BCUT2D eigenvalue weighted by Gasteiger charge is -2.16. The summed E-state index contributed by atoms with van der Waals surface area (Å²) in [4.78, 5) is 10.3. The average Bonchev–Trinajstić information content (AvgIpc) is 2.90. The Bertz CT molecular complexity index is 581. The molecular formula is C14H16N2O4. The summed E-state index contributed by atoms with van der Waals surface area (Å²) in [7, 11) is 0. The molecule has 0 aliphatic heterocycles. The van der Waals surface area contributed by atoms with Crippen molar-refractivity contribution in [2.24, 2.45) is 0 Å². The molecule has 2 N–H and O–H groups in total. The molecule has 0 fully saturated rings. The quantitative estimate of drug-likeness (QED) is 0.625. The van der Waals surface area contributed by atoms with Gasteiger partial charge in [-0.3, -0.25) is 10.1 Å². The third-order valence-corrected chi connectivity index (χ3v) is 3.01. The number of nitro benzene ring substituents is 1. The molecule has 6 heteroatoms. The fourth-order valence-corrected chi connectivity index (χ4v) is 2.02. The van der Waals surface area contributed by atoms with Crippen LogP contribution >= 0.6 is 0 Å². The van der Waals surface area contributed by atoms with Crippen molar-refractivity contribution < 1.29 is 14.4 Å². The van der Waals surface area contributed by atoms with Gasteiger partial charge < -0.3 is 14.8 Å². The summed E-state index contributed by atoms with van der Waals surface area (Å²) in [6.07, 6.45) is 2.12. The van der Waals surface area contributed by atoms with Crippen molar-refractivity contribution in [1.82, 2.24) is 0 Å². The maximum Gasteiger partial charge on any atom is 0.272 e. The van der Waals surface area contributed by atoms with Crippen LogP contribution in [-0.4, -0.2) is 22.7 Å². The number of aliphatic hydroxyl groups excluding tert-OH is 1. The summed E-state index contributed by atoms with van der Waals surface area (Å²) in [5, 5.41) is 23.3. The summed E-state index contributed by atoms with van der Waals surface area (Å²) in [5.74, 6) is 0.773. The Labute approximate surface area is 116 Å². The van der Waals surface area contributed by atoms with Gasteiger partial charge in [-0.1, -0.05) is 0 Å². The average molecular weight is 276 g/mol. The van der Waals surface area contributed by atoms with E-state index in [0.717, 1.165) is 11.4 Å². The van der Waals surface area contributed by atoms with Gasteiger partial charge in [-0.15, -0.1) is 0 Å². The van der Waals surface area contributed by atoms with Crippen LogP contribution in [0.4, 0.5) is 11.4 Å². The largest absolute Gasteiger partial charge is 0.469 e. The third-order valence-electron chi connectivity index (χ3n) is 3.01. The minimum atomic E-state index is -0.411. The molecule has 0 aliphatic rings. The maximum absolute atomic E-state index is 10.8. The fourth-order valence-electron chi connectivity index (χ4n) is 2.02. The lowest BCUT2D eigenvalue weighted by Crippen LogP contribution is -2.26. The highest BCUT2D eigenvalue weighted by Crippen LogP contribution is 2.22. The van der Waals surface area contributed by atoms with Gasteiger partial charge in [0, 0.05) is 23.7 Å². The lowest BCUT2D eigenvalue weighted by atomic mass is 10.1. The van der Waals surface area contributed by atoms with Crippen LogP contribution in [0.25, 0.3) is 0 Å². The highest BCUT2D eigenvalue weighted by molar-refractivity contribution is 5.54. The molecule has 2 rings (SSSR count). The maximum atomic E-state index is 10.8. The van der Waals surface area contributed by atoms with Gasteiger partial charge >= 0.3 is 0 Å². The van der Waals surface area contributed by atoms with Gasteiger partial charge in [-0.25, -0.2) is 0 Å². The van der Waals surface area contributed by atoms with Crippen LogP contribution in [0.5, 0.6) is 0 Å². The van der Waals surface area contributed by atoms with E-state index in [4.69, 9.17) is 4.42 Å². The monoisotopic (exact) mass is 276 g/mol. The zero-order valence-corrected chi connectivity index (χ0v) is 11.1. The number of aryl methyl sites for hydroxylation is 1. The Morgan fingerprint density at radius 3 is 2.80 bits per heavy atom. The van der Waals surface area contributed by atoms with E-state index in [9.17, 15) is 15.2 Å². The molecule has 0 saturated heterocycles. The number of hydrogen-bond donors (Lipinski definition) is 2. The molecule has 1 atom stereocenters. The number of nitrogens with one attached hydrogen (secondary N) is 1. The molecular weight excluding hydrogens is 260 g/mol. The standard InChI is InChI=1S/C14H16N2O4/c1-10-7-11(4-5-14(10)16(18)19)15-12(9-17)8-13-3-2-6-20-13/h2-7,12,15,17H,8-9H2,1H3/t12-/m1/s1. The number of benzene rings is 1. The van der Waals surface area contributed by atoms with Gasteiger partial charge in [-0.05, 0) is 31.2 Å². The molecule has 1 aromatic carbocycles. The van der Waals surface area contributed by atoms with E-state index in [1.54, 1.807) is 31.4 Å². The molecule has 2 aromatic rings. The first kappa shape index (κ1) is 14.1. The van der Waals surface area contributed by atoms with Crippen molar-refractivity contribution in [2.75, 3.05) is 11.9 Å². The molecule has 6 nitrogen and oxygen atoms in total. The number of anilines is 1. The van der Waals surface area contributed by atoms with Crippen molar-refractivity contribution in [3.8, 4) is 0 Å². The molecule has 0 spiro atoms. The summed E-state index contributed by atoms with van der Waals surface area (Å²) < 4.78 is 5.24. The van der Waals surface area contributed by atoms with E-state index in [-0.39, 0.29) is 18.3 Å². The number of nitrogens with zero attached hydrogens (tertiary/aromatic N) is 1. The van der Waals surface area contributed by atoms with Crippen LogP contribution in [0.2, 0.25) is 0 Å². The minimum Gasteiger partial charge on any atom is -0.469 e. The predicted octanol–water partition coefficient (Wildman–Crippen LogP) is 2.51. The van der Waals surface area contributed by atoms with Crippen molar-refractivity contribution in [3.63, 3.8) is 0 Å². The number of hydrogen-bond acceptors (Lipinski definition) is 5. The van der Waals surface area contributed by atoms with Gasteiger partial charge in [0.25, 0.3) is 5.69 Å². The highest BCUT2D eigenvalue weighted by Gasteiger charge is 2.13. The number of nitro groups is 1. The Balaban J connectivity index is 2.07. The minimum absolute atomic E-state index is 0.0588. The fraction of sp³-hybridized carbons (Fsp3) is 0.286. The molecule has 1 heterocycles. The van der Waals surface area contributed by atoms with Gasteiger partial charge in [0.05, 0.1) is 23.8 Å². The van der Waals surface area contributed by atoms with E-state index in [0.29, 0.717) is 12.0 Å². The van der Waals surface area contributed by atoms with Gasteiger partial charge in [0.1, 0.15) is 5.76 Å². The summed E-state index contributed by atoms with van der Waals surface area (Å²) in [6.45, 7) is 1.63. The highest BCUT2D eigenvalue weighted by atomic mass is 16.6. The molecule has 106 valence electrons. The van der Waals surface area contributed by atoms with Crippen LogP contribution in [0.3, 0.4) is 0 Å². The Morgan fingerprint density at radius 2 is 2.25 bits per heavy atom. The Morgan fingerprint density at radius 1 is 1.45 bits per heavy atom. The second-order valence-electron chi connectivity index (χ2n) is 4.57. The zero-order chi connectivity index (χ0) is 14.5. The molecule has 1 aromatic heterocycles. The number of aliphatic hydroxyl groups is 1. The van der Waals surface area contributed by atoms with Crippen LogP contribution in [0.15, 0.2) is 41.0 Å². The molecule has 0 radical (unpaired) electrons. The van der Waals surface area contributed by atoms with Gasteiger partial charge in [0.2, 0.25) is 0 Å². The number of furan rings is 1. The summed E-state index contributed by atoms with van der Waals surface area (Å²) >= 11 is 0. The van der Waals surface area contributed by atoms with E-state index >= 15 is 0 Å². The zero-order valence-electron chi connectivity index (χ0n) is 11.1. The lowest BCUT2D eigenvalue weighted by molar-refractivity contribution is -0.385. The first-order valence-electron chi connectivity index (χ1n) is 6.25. The van der Waals surface area contributed by atoms with Crippen LogP contribution in [-0.2, 0) is 6.42 Å². The molecule has 0 saturated carbocycles. The molecule has 0 amide bonds. The van der Waals surface area contributed by atoms with Crippen LogP contribution in [0, 0.1) is 17.0 Å². The van der Waals surface area contributed by atoms with E-state index in [1.807, 2.05) is 6.07 Å². The number of rotatable bonds is 6. The summed E-state index contributed by atoms with van der Waals surface area (Å²) in [5.41, 5.74) is 1.40. The van der Waals surface area contributed by atoms with E-state index in [2.05, 4.69) is 5.32 Å². The predicted molar refractivity (Wildman–Crippen MR) is 74.7 cm³/mol.